The zero-order valence-electron chi connectivity index (χ0n) is 7.86. The summed E-state index contributed by atoms with van der Waals surface area (Å²) in [6, 6.07) is 10.6. The molecule has 1 aromatic carbocycles. The van der Waals surface area contributed by atoms with Gasteiger partial charge in [0, 0.05) is 17.1 Å². The molecule has 1 aromatic heterocycles. The maximum atomic E-state index is 8.65. The van der Waals surface area contributed by atoms with Crippen LogP contribution in [0.5, 0.6) is 0 Å². The van der Waals surface area contributed by atoms with Crippen molar-refractivity contribution in [2.45, 2.75) is 6.04 Å². The van der Waals surface area contributed by atoms with Crippen LogP contribution in [0.2, 0.25) is 0 Å². The minimum Gasteiger partial charge on any atom is -0.359 e. The second kappa shape index (κ2) is 3.73. The van der Waals surface area contributed by atoms with Crippen molar-refractivity contribution in [3.05, 3.63) is 30.5 Å². The Labute approximate surface area is 86.8 Å². The van der Waals surface area contributed by atoms with E-state index in [9.17, 15) is 0 Å². The fourth-order valence-corrected chi connectivity index (χ4v) is 1.44. The number of nitrogens with zero attached hydrogens (tertiary/aromatic N) is 2. The second-order valence-electron chi connectivity index (χ2n) is 3.08. The van der Waals surface area contributed by atoms with E-state index in [1.165, 1.54) is 0 Å². The Morgan fingerprint density at radius 2 is 1.93 bits per heavy atom. The predicted octanol–water partition coefficient (Wildman–Crippen LogP) is 2.00. The molecule has 4 nitrogen and oxygen atoms in total. The maximum Gasteiger partial charge on any atom is 0.202 e. The van der Waals surface area contributed by atoms with Crippen molar-refractivity contribution in [1.29, 1.82) is 10.5 Å². The number of rotatable bonds is 2. The van der Waals surface area contributed by atoms with Crippen LogP contribution in [0.4, 0.5) is 5.69 Å². The molecule has 2 rings (SSSR count). The third kappa shape index (κ3) is 1.61. The van der Waals surface area contributed by atoms with Gasteiger partial charge in [-0.25, -0.2) is 0 Å². The predicted molar refractivity (Wildman–Crippen MR) is 56.9 cm³/mol. The lowest BCUT2D eigenvalue weighted by Gasteiger charge is -2.03. The highest BCUT2D eigenvalue weighted by Gasteiger charge is 2.08. The molecule has 0 aliphatic rings. The Morgan fingerprint density at radius 3 is 2.67 bits per heavy atom. The molecule has 0 aliphatic carbocycles. The number of nitriles is 2. The smallest absolute Gasteiger partial charge is 0.202 e. The molecule has 0 aliphatic heterocycles. The largest absolute Gasteiger partial charge is 0.359 e. The number of H-pyrrole nitrogens is 1. The van der Waals surface area contributed by atoms with Gasteiger partial charge >= 0.3 is 0 Å². The van der Waals surface area contributed by atoms with Gasteiger partial charge in [0.2, 0.25) is 6.04 Å². The monoisotopic (exact) mass is 196 g/mol. The van der Waals surface area contributed by atoms with E-state index in [-0.39, 0.29) is 0 Å². The summed E-state index contributed by atoms with van der Waals surface area (Å²) in [5.74, 6) is 0. The number of hydrogen-bond donors (Lipinski definition) is 2. The van der Waals surface area contributed by atoms with Crippen LogP contribution < -0.4 is 5.32 Å². The summed E-state index contributed by atoms with van der Waals surface area (Å²) in [6.07, 6.45) is 1.76. The molecule has 2 N–H and O–H groups in total. The zero-order chi connectivity index (χ0) is 10.7. The first kappa shape index (κ1) is 9.11. The van der Waals surface area contributed by atoms with E-state index >= 15 is 0 Å². The van der Waals surface area contributed by atoms with Crippen molar-refractivity contribution in [1.82, 2.24) is 4.98 Å². The molecule has 0 atom stereocenters. The van der Waals surface area contributed by atoms with Crippen molar-refractivity contribution in [2.75, 3.05) is 5.32 Å². The first-order valence-corrected chi connectivity index (χ1v) is 4.47. The van der Waals surface area contributed by atoms with Crippen molar-refractivity contribution in [3.8, 4) is 12.1 Å². The molecular weight excluding hydrogens is 188 g/mol. The first-order chi connectivity index (χ1) is 7.35. The van der Waals surface area contributed by atoms with E-state index in [0.29, 0.717) is 0 Å². The number of benzene rings is 1. The standard InChI is InChI=1S/C11H8N4/c12-5-8(6-13)15-11-7-14-10-4-2-1-3-9(10)11/h1-4,7-8,14-15H. The van der Waals surface area contributed by atoms with E-state index in [1.807, 2.05) is 36.4 Å². The van der Waals surface area contributed by atoms with Crippen LogP contribution in [0, 0.1) is 22.7 Å². The number of hydrogen-bond acceptors (Lipinski definition) is 3. The van der Waals surface area contributed by atoms with E-state index < -0.39 is 6.04 Å². The minimum atomic E-state index is -0.816. The van der Waals surface area contributed by atoms with E-state index in [4.69, 9.17) is 10.5 Å². The summed E-state index contributed by atoms with van der Waals surface area (Å²) in [7, 11) is 0. The first-order valence-electron chi connectivity index (χ1n) is 4.47. The number of aromatic nitrogens is 1. The minimum absolute atomic E-state index is 0.777. The molecule has 1 heterocycles. The lowest BCUT2D eigenvalue weighted by atomic mass is 10.2. The van der Waals surface area contributed by atoms with Crippen LogP contribution in [0.3, 0.4) is 0 Å². The van der Waals surface area contributed by atoms with Gasteiger partial charge in [-0.05, 0) is 6.07 Å². The van der Waals surface area contributed by atoms with Crippen LogP contribution in [0.15, 0.2) is 30.5 Å². The second-order valence-corrected chi connectivity index (χ2v) is 3.08. The molecule has 0 unspecified atom stereocenters. The molecule has 0 radical (unpaired) electrons. The van der Waals surface area contributed by atoms with E-state index in [0.717, 1.165) is 16.6 Å². The van der Waals surface area contributed by atoms with Gasteiger partial charge in [-0.15, -0.1) is 0 Å². The van der Waals surface area contributed by atoms with Gasteiger partial charge in [0.1, 0.15) is 12.1 Å². The molecular formula is C11H8N4. The maximum absolute atomic E-state index is 8.65. The fraction of sp³-hybridized carbons (Fsp3) is 0.0909. The van der Waals surface area contributed by atoms with Gasteiger partial charge < -0.3 is 10.3 Å². The Balaban J connectivity index is 2.38. The molecule has 0 spiro atoms. The normalized spacial score (nSPS) is 9.80. The number of fused-ring (bicyclic) bond motifs is 1. The van der Waals surface area contributed by atoms with Crippen LogP contribution in [-0.2, 0) is 0 Å². The Hall–Kier alpha value is -2.46. The van der Waals surface area contributed by atoms with Gasteiger partial charge in [0.15, 0.2) is 0 Å². The lowest BCUT2D eigenvalue weighted by Crippen LogP contribution is -2.13. The van der Waals surface area contributed by atoms with Crippen molar-refractivity contribution < 1.29 is 0 Å². The van der Waals surface area contributed by atoms with Gasteiger partial charge in [-0.1, -0.05) is 18.2 Å². The molecule has 15 heavy (non-hydrogen) atoms. The average Bonchev–Trinajstić information content (AvgIpc) is 2.69. The molecule has 0 saturated carbocycles. The Morgan fingerprint density at radius 1 is 1.20 bits per heavy atom. The molecule has 0 fully saturated rings. The number of anilines is 1. The van der Waals surface area contributed by atoms with Crippen molar-refractivity contribution in [2.24, 2.45) is 0 Å². The summed E-state index contributed by atoms with van der Waals surface area (Å²) in [4.78, 5) is 3.06. The van der Waals surface area contributed by atoms with Gasteiger partial charge in [-0.2, -0.15) is 10.5 Å². The van der Waals surface area contributed by atoms with Crippen molar-refractivity contribution in [3.63, 3.8) is 0 Å². The Kier molecular flexibility index (Phi) is 2.26. The summed E-state index contributed by atoms with van der Waals surface area (Å²) in [5, 5.41) is 21.1. The fourth-order valence-electron chi connectivity index (χ4n) is 1.44. The number of aromatic amines is 1. The van der Waals surface area contributed by atoms with E-state index in [1.54, 1.807) is 6.20 Å². The highest BCUT2D eigenvalue weighted by molar-refractivity contribution is 5.92. The zero-order valence-corrected chi connectivity index (χ0v) is 7.86. The van der Waals surface area contributed by atoms with Gasteiger partial charge in [0.05, 0.1) is 5.69 Å². The van der Waals surface area contributed by atoms with Crippen LogP contribution >= 0.6 is 0 Å². The summed E-state index contributed by atoms with van der Waals surface area (Å²) in [5.41, 5.74) is 1.76. The highest BCUT2D eigenvalue weighted by Crippen LogP contribution is 2.22. The van der Waals surface area contributed by atoms with Gasteiger partial charge in [-0.3, -0.25) is 0 Å². The molecule has 0 amide bonds. The third-order valence-corrected chi connectivity index (χ3v) is 2.15. The van der Waals surface area contributed by atoms with E-state index in [2.05, 4.69) is 10.3 Å². The summed E-state index contributed by atoms with van der Waals surface area (Å²) < 4.78 is 0. The lowest BCUT2D eigenvalue weighted by molar-refractivity contribution is 1.13. The van der Waals surface area contributed by atoms with Gasteiger partial charge in [0.25, 0.3) is 0 Å². The summed E-state index contributed by atoms with van der Waals surface area (Å²) >= 11 is 0. The summed E-state index contributed by atoms with van der Waals surface area (Å²) in [6.45, 7) is 0. The number of para-hydroxylation sites is 1. The Bertz CT molecular complexity index is 542. The number of nitrogens with one attached hydrogen (secondary N) is 2. The SMILES string of the molecule is N#CC(C#N)Nc1c[nH]c2ccccc12. The molecule has 0 bridgehead atoms. The molecule has 2 aromatic rings. The molecule has 0 saturated heterocycles. The van der Waals surface area contributed by atoms with Crippen molar-refractivity contribution >= 4 is 16.6 Å². The van der Waals surface area contributed by atoms with Crippen LogP contribution in [-0.4, -0.2) is 11.0 Å². The topological polar surface area (TPSA) is 75.4 Å². The average molecular weight is 196 g/mol. The molecule has 72 valence electrons. The molecule has 4 heteroatoms. The van der Waals surface area contributed by atoms with Crippen LogP contribution in [0.1, 0.15) is 0 Å². The van der Waals surface area contributed by atoms with Crippen LogP contribution in [0.25, 0.3) is 10.9 Å². The quantitative estimate of drug-likeness (QED) is 0.771. The highest BCUT2D eigenvalue weighted by atomic mass is 14.9. The third-order valence-electron chi connectivity index (χ3n) is 2.15.